The highest BCUT2D eigenvalue weighted by molar-refractivity contribution is 7.92. The lowest BCUT2D eigenvalue weighted by atomic mass is 10.2. The fourth-order valence-electron chi connectivity index (χ4n) is 2.71. The molecule has 0 aliphatic heterocycles. The molecule has 0 heterocycles. The highest BCUT2D eigenvalue weighted by atomic mass is 35.5. The summed E-state index contributed by atoms with van der Waals surface area (Å²) in [6.07, 6.45) is 2.63. The van der Waals surface area contributed by atoms with Crippen LogP contribution in [-0.4, -0.2) is 26.8 Å². The van der Waals surface area contributed by atoms with Crippen LogP contribution in [0.1, 0.15) is 21.5 Å². The molecule has 3 rings (SSSR count). The first kappa shape index (κ1) is 22.8. The summed E-state index contributed by atoms with van der Waals surface area (Å²) in [7, 11) is -3.54. The molecule has 160 valence electrons. The van der Waals surface area contributed by atoms with Gasteiger partial charge < -0.3 is 0 Å². The number of nitrogens with one attached hydrogen (secondary N) is 1. The Morgan fingerprint density at radius 2 is 1.48 bits per heavy atom. The van der Waals surface area contributed by atoms with Crippen LogP contribution in [0.3, 0.4) is 0 Å². The maximum atomic E-state index is 12.3. The summed E-state index contributed by atoms with van der Waals surface area (Å²) in [4.78, 5) is 12.3. The van der Waals surface area contributed by atoms with Gasteiger partial charge in [0.2, 0.25) is 10.0 Å². The van der Waals surface area contributed by atoms with Crippen molar-refractivity contribution < 1.29 is 13.2 Å². The van der Waals surface area contributed by atoms with Crippen LogP contribution in [0.2, 0.25) is 10.0 Å². The Kier molecular flexibility index (Phi) is 7.33. The Hall–Kier alpha value is -2.87. The van der Waals surface area contributed by atoms with Crippen LogP contribution in [0.25, 0.3) is 0 Å². The van der Waals surface area contributed by atoms with E-state index in [1.165, 1.54) is 10.5 Å². The SMILES string of the molecule is CS(=O)(=O)N(Cc1ccc(Cl)cc1)c1ccc(C(=O)N/N=C/c2ccc(Cl)cc2)cc1. The Balaban J connectivity index is 1.70. The molecule has 0 bridgehead atoms. The topological polar surface area (TPSA) is 78.8 Å². The average Bonchev–Trinajstić information content (AvgIpc) is 2.74. The maximum Gasteiger partial charge on any atom is 0.271 e. The van der Waals surface area contributed by atoms with Crippen LogP contribution in [0.5, 0.6) is 0 Å². The number of rotatable bonds is 7. The molecule has 0 fully saturated rings. The summed E-state index contributed by atoms with van der Waals surface area (Å²) in [5.74, 6) is -0.416. The highest BCUT2D eigenvalue weighted by Gasteiger charge is 2.18. The Labute approximate surface area is 191 Å². The van der Waals surface area contributed by atoms with E-state index in [1.807, 2.05) is 0 Å². The molecule has 3 aromatic rings. The number of hydrogen-bond acceptors (Lipinski definition) is 4. The lowest BCUT2D eigenvalue weighted by molar-refractivity contribution is 0.0955. The van der Waals surface area contributed by atoms with Gasteiger partial charge in [0.15, 0.2) is 0 Å². The van der Waals surface area contributed by atoms with Gasteiger partial charge in [0.25, 0.3) is 5.91 Å². The predicted molar refractivity (Wildman–Crippen MR) is 125 cm³/mol. The summed E-state index contributed by atoms with van der Waals surface area (Å²) in [5, 5.41) is 5.11. The van der Waals surface area contributed by atoms with Crippen molar-refractivity contribution in [2.75, 3.05) is 10.6 Å². The number of hydrogen-bond donors (Lipinski definition) is 1. The van der Waals surface area contributed by atoms with Gasteiger partial charge >= 0.3 is 0 Å². The van der Waals surface area contributed by atoms with Crippen LogP contribution < -0.4 is 9.73 Å². The molecule has 0 radical (unpaired) electrons. The third kappa shape index (κ3) is 6.55. The first-order valence-electron chi connectivity index (χ1n) is 9.13. The highest BCUT2D eigenvalue weighted by Crippen LogP contribution is 2.22. The number of anilines is 1. The standard InChI is InChI=1S/C22H19Cl2N3O3S/c1-31(29,30)27(15-17-4-10-20(24)11-5-17)21-12-6-18(7-13-21)22(28)26-25-14-16-2-8-19(23)9-3-16/h2-14H,15H2,1H3,(H,26,28)/b25-14+. The van der Waals surface area contributed by atoms with Gasteiger partial charge in [0, 0.05) is 15.6 Å². The molecule has 1 amide bonds. The van der Waals surface area contributed by atoms with Gasteiger partial charge in [-0.2, -0.15) is 5.10 Å². The third-order valence-electron chi connectivity index (χ3n) is 4.31. The second-order valence-corrected chi connectivity index (χ2v) is 9.47. The van der Waals surface area contributed by atoms with Crippen molar-refractivity contribution in [2.24, 2.45) is 5.10 Å². The molecule has 0 aliphatic rings. The Morgan fingerprint density at radius 1 is 0.935 bits per heavy atom. The molecule has 9 heteroatoms. The molecular formula is C22H19Cl2N3O3S. The number of carbonyl (C=O) groups is 1. The molecular weight excluding hydrogens is 457 g/mol. The number of hydrazone groups is 1. The molecule has 3 aromatic carbocycles. The summed E-state index contributed by atoms with van der Waals surface area (Å²) < 4.78 is 25.9. The zero-order chi connectivity index (χ0) is 22.4. The number of amides is 1. The van der Waals surface area contributed by atoms with Crippen LogP contribution in [-0.2, 0) is 16.6 Å². The molecule has 0 unspecified atom stereocenters. The Morgan fingerprint density at radius 3 is 2.03 bits per heavy atom. The van der Waals surface area contributed by atoms with Crippen molar-refractivity contribution in [3.63, 3.8) is 0 Å². The molecule has 6 nitrogen and oxygen atoms in total. The molecule has 0 atom stereocenters. The Bertz CT molecular complexity index is 1180. The van der Waals surface area contributed by atoms with Crippen LogP contribution in [0.4, 0.5) is 5.69 Å². The molecule has 0 aliphatic carbocycles. The second-order valence-electron chi connectivity index (χ2n) is 6.69. The monoisotopic (exact) mass is 475 g/mol. The summed E-state index contributed by atoms with van der Waals surface area (Å²) in [6.45, 7) is 0.146. The van der Waals surface area contributed by atoms with Crippen LogP contribution >= 0.6 is 23.2 Å². The number of sulfonamides is 1. The summed E-state index contributed by atoms with van der Waals surface area (Å²) in [6, 6.07) is 20.2. The van der Waals surface area contributed by atoms with E-state index < -0.39 is 15.9 Å². The van der Waals surface area contributed by atoms with Gasteiger partial charge in [-0.1, -0.05) is 47.5 Å². The quantitative estimate of drug-likeness (QED) is 0.396. The largest absolute Gasteiger partial charge is 0.271 e. The van der Waals surface area contributed by atoms with Gasteiger partial charge in [-0.05, 0) is 59.7 Å². The van der Waals surface area contributed by atoms with Crippen LogP contribution in [0, 0.1) is 0 Å². The third-order valence-corrected chi connectivity index (χ3v) is 5.95. The average molecular weight is 476 g/mol. The summed E-state index contributed by atoms with van der Waals surface area (Å²) in [5.41, 5.74) is 4.80. The minimum absolute atomic E-state index is 0.146. The smallest absolute Gasteiger partial charge is 0.267 e. The number of halogens is 2. The molecule has 0 saturated heterocycles. The van der Waals surface area contributed by atoms with Gasteiger partial charge in [-0.3, -0.25) is 9.10 Å². The van der Waals surface area contributed by atoms with Crippen molar-refractivity contribution in [3.05, 3.63) is 99.5 Å². The fraction of sp³-hybridized carbons (Fsp3) is 0.0909. The van der Waals surface area contributed by atoms with Gasteiger partial charge in [0.1, 0.15) is 0 Å². The zero-order valence-electron chi connectivity index (χ0n) is 16.5. The maximum absolute atomic E-state index is 12.3. The minimum atomic E-state index is -3.54. The van der Waals surface area contributed by atoms with Crippen molar-refractivity contribution in [3.8, 4) is 0 Å². The van der Waals surface area contributed by atoms with Crippen LogP contribution in [0.15, 0.2) is 77.9 Å². The minimum Gasteiger partial charge on any atom is -0.267 e. The first-order valence-corrected chi connectivity index (χ1v) is 11.7. The first-order chi connectivity index (χ1) is 14.7. The molecule has 0 spiro atoms. The number of nitrogens with zero attached hydrogens (tertiary/aromatic N) is 2. The van der Waals surface area contributed by atoms with E-state index in [2.05, 4.69) is 10.5 Å². The zero-order valence-corrected chi connectivity index (χ0v) is 18.8. The van der Waals surface area contributed by atoms with Crippen molar-refractivity contribution in [1.82, 2.24) is 5.43 Å². The molecule has 31 heavy (non-hydrogen) atoms. The fourth-order valence-corrected chi connectivity index (χ4v) is 3.85. The molecule has 0 aromatic heterocycles. The lowest BCUT2D eigenvalue weighted by Crippen LogP contribution is -2.29. The predicted octanol–water partition coefficient (Wildman–Crippen LogP) is 4.72. The van der Waals surface area contributed by atoms with E-state index in [0.717, 1.165) is 17.4 Å². The number of carbonyl (C=O) groups excluding carboxylic acids is 1. The van der Waals surface area contributed by atoms with E-state index >= 15 is 0 Å². The van der Waals surface area contributed by atoms with E-state index in [1.54, 1.807) is 72.8 Å². The van der Waals surface area contributed by atoms with Crippen molar-refractivity contribution in [2.45, 2.75) is 6.54 Å². The summed E-state index contributed by atoms with van der Waals surface area (Å²) >= 11 is 11.7. The number of benzene rings is 3. The van der Waals surface area contributed by atoms with E-state index in [9.17, 15) is 13.2 Å². The lowest BCUT2D eigenvalue weighted by Gasteiger charge is -2.22. The van der Waals surface area contributed by atoms with E-state index in [0.29, 0.717) is 21.3 Å². The van der Waals surface area contributed by atoms with Gasteiger partial charge in [-0.25, -0.2) is 13.8 Å². The van der Waals surface area contributed by atoms with E-state index in [-0.39, 0.29) is 6.54 Å². The van der Waals surface area contributed by atoms with E-state index in [4.69, 9.17) is 23.2 Å². The molecule has 0 saturated carbocycles. The second kappa shape index (κ2) is 9.96. The van der Waals surface area contributed by atoms with Gasteiger partial charge in [-0.15, -0.1) is 0 Å². The van der Waals surface area contributed by atoms with Crippen molar-refractivity contribution >= 4 is 51.0 Å². The van der Waals surface area contributed by atoms with Gasteiger partial charge in [0.05, 0.1) is 24.7 Å². The van der Waals surface area contributed by atoms with Crippen molar-refractivity contribution in [1.29, 1.82) is 0 Å². The normalized spacial score (nSPS) is 11.5. The molecule has 1 N–H and O–H groups in total.